The van der Waals surface area contributed by atoms with Crippen LogP contribution in [0.15, 0.2) is 95.3 Å². The molecule has 3 aromatic carbocycles. The van der Waals surface area contributed by atoms with Gasteiger partial charge >= 0.3 is 0 Å². The van der Waals surface area contributed by atoms with E-state index in [1.54, 1.807) is 29.2 Å². The number of ether oxygens (including phenoxy) is 1. The van der Waals surface area contributed by atoms with Crippen molar-refractivity contribution in [3.63, 3.8) is 0 Å². The summed E-state index contributed by atoms with van der Waals surface area (Å²) >= 11 is 14.0. The normalized spacial score (nSPS) is 15.8. The molecule has 1 heterocycles. The Labute approximate surface area is 213 Å². The van der Waals surface area contributed by atoms with Gasteiger partial charge in [-0.3, -0.25) is 14.7 Å². The van der Waals surface area contributed by atoms with Crippen LogP contribution in [0.5, 0.6) is 5.75 Å². The number of nitrogens with zero attached hydrogens (tertiary/aromatic N) is 2. The number of hydrogen-bond acceptors (Lipinski definition) is 4. The average molecular weight is 509 g/mol. The lowest BCUT2D eigenvalue weighted by Crippen LogP contribution is -2.28. The first kappa shape index (κ1) is 24.1. The van der Waals surface area contributed by atoms with Crippen molar-refractivity contribution in [1.82, 2.24) is 4.90 Å². The zero-order chi connectivity index (χ0) is 23.9. The van der Waals surface area contributed by atoms with E-state index in [4.69, 9.17) is 32.9 Å². The van der Waals surface area contributed by atoms with Gasteiger partial charge < -0.3 is 4.74 Å². The second-order valence-corrected chi connectivity index (χ2v) is 9.33. The molecule has 7 heteroatoms. The molecule has 0 radical (unpaired) electrons. The number of benzene rings is 3. The highest BCUT2D eigenvalue weighted by Crippen LogP contribution is 2.38. The fourth-order valence-corrected chi connectivity index (χ4v) is 4.93. The minimum Gasteiger partial charge on any atom is -0.487 e. The molecule has 1 amide bonds. The van der Waals surface area contributed by atoms with E-state index in [0.29, 0.717) is 44.5 Å². The van der Waals surface area contributed by atoms with Crippen molar-refractivity contribution in [2.24, 2.45) is 4.99 Å². The molecule has 4 nitrogen and oxygen atoms in total. The van der Waals surface area contributed by atoms with Gasteiger partial charge in [0, 0.05) is 10.6 Å². The van der Waals surface area contributed by atoms with Crippen LogP contribution in [0.2, 0.25) is 10.0 Å². The molecule has 3 aromatic rings. The standard InChI is InChI=1S/C27H22Cl2N2O2S/c1-2-13-33-25-21(14-22(28)16-23(25)29)15-24-26(32)31(18-20-11-7-4-8-12-20)27(34-24)30-17-19-9-5-3-6-10-19/h2-12,14-16H,1,13,17-18H2/b24-15+,30-27?. The van der Waals surface area contributed by atoms with E-state index in [-0.39, 0.29) is 12.5 Å². The highest BCUT2D eigenvalue weighted by atomic mass is 35.5. The highest BCUT2D eigenvalue weighted by molar-refractivity contribution is 8.18. The Morgan fingerprint density at radius 1 is 1.00 bits per heavy atom. The van der Waals surface area contributed by atoms with E-state index < -0.39 is 0 Å². The molecule has 0 aromatic heterocycles. The van der Waals surface area contributed by atoms with Gasteiger partial charge in [-0.2, -0.15) is 0 Å². The summed E-state index contributed by atoms with van der Waals surface area (Å²) in [6, 6.07) is 23.1. The van der Waals surface area contributed by atoms with Gasteiger partial charge in [0.05, 0.1) is 23.0 Å². The number of aliphatic imine (C=N–C) groups is 1. The predicted molar refractivity (Wildman–Crippen MR) is 142 cm³/mol. The summed E-state index contributed by atoms with van der Waals surface area (Å²) in [6.07, 6.45) is 3.39. The minimum atomic E-state index is -0.133. The van der Waals surface area contributed by atoms with Gasteiger partial charge in [-0.1, -0.05) is 96.5 Å². The van der Waals surface area contributed by atoms with Crippen molar-refractivity contribution in [3.05, 3.63) is 117 Å². The number of carbonyl (C=O) groups excluding carboxylic acids is 1. The third-order valence-corrected chi connectivity index (χ3v) is 6.52. The molecule has 0 atom stereocenters. The molecule has 0 unspecified atom stereocenters. The lowest BCUT2D eigenvalue weighted by Gasteiger charge is -2.15. The van der Waals surface area contributed by atoms with Gasteiger partial charge in [0.15, 0.2) is 5.17 Å². The summed E-state index contributed by atoms with van der Waals surface area (Å²) in [5.74, 6) is 0.322. The number of thioether (sulfide) groups is 1. The summed E-state index contributed by atoms with van der Waals surface area (Å²) < 4.78 is 5.75. The molecule has 1 fully saturated rings. The zero-order valence-corrected chi connectivity index (χ0v) is 20.6. The Morgan fingerprint density at radius 3 is 2.35 bits per heavy atom. The van der Waals surface area contributed by atoms with Crippen molar-refractivity contribution in [3.8, 4) is 5.75 Å². The van der Waals surface area contributed by atoms with Gasteiger partial charge in [-0.15, -0.1) is 0 Å². The SMILES string of the molecule is C=CCOc1c(Cl)cc(Cl)cc1/C=C1/SC(=NCc2ccccc2)N(Cc2ccccc2)C1=O. The zero-order valence-electron chi connectivity index (χ0n) is 18.3. The van der Waals surface area contributed by atoms with Crippen molar-refractivity contribution in [2.45, 2.75) is 13.1 Å². The quantitative estimate of drug-likeness (QED) is 0.238. The summed E-state index contributed by atoms with van der Waals surface area (Å²) in [4.78, 5) is 20.4. The fourth-order valence-electron chi connectivity index (χ4n) is 3.40. The first-order valence-corrected chi connectivity index (χ1v) is 12.2. The maximum atomic E-state index is 13.5. The molecule has 0 aliphatic carbocycles. The number of hydrogen-bond donors (Lipinski definition) is 0. The lowest BCUT2D eigenvalue weighted by atomic mass is 10.1. The summed E-state index contributed by atoms with van der Waals surface area (Å²) in [7, 11) is 0. The fraction of sp³-hybridized carbons (Fsp3) is 0.111. The molecule has 1 aliphatic rings. The Bertz CT molecular complexity index is 1240. The molecule has 0 saturated carbocycles. The molecule has 1 aliphatic heterocycles. The number of carbonyl (C=O) groups is 1. The van der Waals surface area contributed by atoms with Crippen LogP contribution < -0.4 is 4.74 Å². The first-order chi connectivity index (χ1) is 16.5. The van der Waals surface area contributed by atoms with Crippen LogP contribution in [-0.4, -0.2) is 22.6 Å². The lowest BCUT2D eigenvalue weighted by molar-refractivity contribution is -0.122. The average Bonchev–Trinajstić information content (AvgIpc) is 3.12. The highest BCUT2D eigenvalue weighted by Gasteiger charge is 2.33. The third kappa shape index (κ3) is 5.92. The predicted octanol–water partition coefficient (Wildman–Crippen LogP) is 7.23. The molecule has 4 rings (SSSR count). The number of halogens is 2. The number of amides is 1. The van der Waals surface area contributed by atoms with Crippen LogP contribution in [0.4, 0.5) is 0 Å². The third-order valence-electron chi connectivity index (χ3n) is 4.98. The molecule has 0 bridgehead atoms. The summed E-state index contributed by atoms with van der Waals surface area (Å²) in [5.41, 5.74) is 2.71. The van der Waals surface area contributed by atoms with Crippen LogP contribution in [-0.2, 0) is 17.9 Å². The van der Waals surface area contributed by atoms with Crippen LogP contribution in [0, 0.1) is 0 Å². The number of amidine groups is 1. The Kier molecular flexibility index (Phi) is 8.12. The Balaban J connectivity index is 1.69. The van der Waals surface area contributed by atoms with E-state index in [1.165, 1.54) is 11.8 Å². The van der Waals surface area contributed by atoms with Crippen molar-refractivity contribution < 1.29 is 9.53 Å². The Morgan fingerprint density at radius 2 is 1.68 bits per heavy atom. The van der Waals surface area contributed by atoms with Gasteiger partial charge in [-0.05, 0) is 41.1 Å². The van der Waals surface area contributed by atoms with E-state index in [9.17, 15) is 4.79 Å². The minimum absolute atomic E-state index is 0.133. The maximum Gasteiger partial charge on any atom is 0.267 e. The van der Waals surface area contributed by atoms with Crippen molar-refractivity contribution in [2.75, 3.05) is 6.61 Å². The Hall–Kier alpha value is -2.99. The monoisotopic (exact) mass is 508 g/mol. The summed E-state index contributed by atoms with van der Waals surface area (Å²) in [6.45, 7) is 4.87. The molecule has 1 saturated heterocycles. The van der Waals surface area contributed by atoms with Gasteiger partial charge in [0.1, 0.15) is 12.4 Å². The summed E-state index contributed by atoms with van der Waals surface area (Å²) in [5, 5.41) is 1.47. The van der Waals surface area contributed by atoms with Gasteiger partial charge in [0.2, 0.25) is 0 Å². The van der Waals surface area contributed by atoms with E-state index in [1.807, 2.05) is 60.7 Å². The van der Waals surface area contributed by atoms with E-state index in [2.05, 4.69) is 6.58 Å². The second-order valence-electron chi connectivity index (χ2n) is 7.48. The second kappa shape index (κ2) is 11.4. The maximum absolute atomic E-state index is 13.5. The van der Waals surface area contributed by atoms with Crippen LogP contribution in [0.1, 0.15) is 16.7 Å². The molecular formula is C27H22Cl2N2O2S. The van der Waals surface area contributed by atoms with Gasteiger partial charge in [0.25, 0.3) is 5.91 Å². The topological polar surface area (TPSA) is 41.9 Å². The van der Waals surface area contributed by atoms with Crippen molar-refractivity contribution in [1.29, 1.82) is 0 Å². The molecule has 172 valence electrons. The van der Waals surface area contributed by atoms with E-state index in [0.717, 1.165) is 11.1 Å². The van der Waals surface area contributed by atoms with Crippen LogP contribution >= 0.6 is 35.0 Å². The molecule has 0 N–H and O–H groups in total. The number of rotatable bonds is 8. The smallest absolute Gasteiger partial charge is 0.267 e. The van der Waals surface area contributed by atoms with Crippen LogP contribution in [0.3, 0.4) is 0 Å². The van der Waals surface area contributed by atoms with Gasteiger partial charge in [-0.25, -0.2) is 0 Å². The van der Waals surface area contributed by atoms with Crippen molar-refractivity contribution >= 4 is 52.1 Å². The molecule has 0 spiro atoms. The molecule has 34 heavy (non-hydrogen) atoms. The largest absolute Gasteiger partial charge is 0.487 e. The van der Waals surface area contributed by atoms with E-state index >= 15 is 0 Å². The first-order valence-electron chi connectivity index (χ1n) is 10.6. The molecular weight excluding hydrogens is 487 g/mol. The van der Waals surface area contributed by atoms with Crippen LogP contribution in [0.25, 0.3) is 6.08 Å².